The topological polar surface area (TPSA) is 122 Å². The Morgan fingerprint density at radius 3 is 2.62 bits per heavy atom. The van der Waals surface area contributed by atoms with Crippen LogP contribution < -0.4 is 14.4 Å². The lowest BCUT2D eigenvalue weighted by Gasteiger charge is -2.33. The van der Waals surface area contributed by atoms with Crippen LogP contribution in [-0.4, -0.2) is 48.8 Å². The second-order valence-corrected chi connectivity index (χ2v) is 10.3. The van der Waals surface area contributed by atoms with Crippen LogP contribution in [0.5, 0.6) is 5.75 Å². The van der Waals surface area contributed by atoms with Crippen molar-refractivity contribution in [2.45, 2.75) is 18.0 Å². The molecule has 5 rings (SSSR count). The monoisotopic (exact) mass is 552 g/mol. The molecule has 0 saturated carbocycles. The molecule has 0 spiro atoms. The maximum Gasteiger partial charge on any atom is 0.490 e. The Kier molecular flexibility index (Phi) is 7.23. The second-order valence-electron chi connectivity index (χ2n) is 7.70. The number of aliphatic carboxylic acids is 1. The Balaban J connectivity index is 0.000000405. The first-order valence-electron chi connectivity index (χ1n) is 10.6. The van der Waals surface area contributed by atoms with Crippen molar-refractivity contribution in [3.63, 3.8) is 0 Å². The number of nitrogens with one attached hydrogen (secondary N) is 1. The lowest BCUT2D eigenvalue weighted by molar-refractivity contribution is -0.192. The number of halogens is 3. The average molecular weight is 553 g/mol. The van der Waals surface area contributed by atoms with E-state index in [2.05, 4.69) is 38.6 Å². The lowest BCUT2D eigenvalue weighted by atomic mass is 10.0. The third kappa shape index (κ3) is 5.75. The van der Waals surface area contributed by atoms with Crippen molar-refractivity contribution in [1.82, 2.24) is 9.97 Å². The maximum absolute atomic E-state index is 12.7. The predicted octanol–water partition coefficient (Wildman–Crippen LogP) is 4.96. The van der Waals surface area contributed by atoms with E-state index >= 15 is 0 Å². The first-order chi connectivity index (χ1) is 17.5. The van der Waals surface area contributed by atoms with Gasteiger partial charge in [0.05, 0.1) is 22.8 Å². The van der Waals surface area contributed by atoms with Crippen LogP contribution >= 0.6 is 11.3 Å². The van der Waals surface area contributed by atoms with Gasteiger partial charge in [0.2, 0.25) is 0 Å². The van der Waals surface area contributed by atoms with E-state index in [1.807, 2.05) is 12.3 Å². The van der Waals surface area contributed by atoms with Gasteiger partial charge in [-0.05, 0) is 30.7 Å². The molecule has 0 amide bonds. The number of ether oxygens (including phenoxy) is 1. The molecule has 0 atom stereocenters. The predicted molar refractivity (Wildman–Crippen MR) is 132 cm³/mol. The second kappa shape index (κ2) is 10.2. The molecule has 0 bridgehead atoms. The summed E-state index contributed by atoms with van der Waals surface area (Å²) >= 11 is 1.23. The van der Waals surface area contributed by atoms with E-state index in [4.69, 9.17) is 14.6 Å². The largest absolute Gasteiger partial charge is 0.490 e. The normalized spacial score (nSPS) is 13.2. The maximum atomic E-state index is 12.7. The summed E-state index contributed by atoms with van der Waals surface area (Å²) < 4.78 is 65.6. The number of aromatic nitrogens is 2. The Morgan fingerprint density at radius 2 is 1.95 bits per heavy atom. The number of carbonyl (C=O) groups is 1. The Bertz CT molecular complexity index is 1540. The fourth-order valence-electron chi connectivity index (χ4n) is 3.67. The number of thiazole rings is 1. The molecule has 0 unspecified atom stereocenters. The fraction of sp³-hybridized carbons (Fsp3) is 0.174. The number of alkyl halides is 3. The quantitative estimate of drug-likeness (QED) is 0.364. The van der Waals surface area contributed by atoms with E-state index in [0.29, 0.717) is 24.0 Å². The summed E-state index contributed by atoms with van der Waals surface area (Å²) in [5.74, 6) is -2.22. The summed E-state index contributed by atoms with van der Waals surface area (Å²) in [4.78, 5) is 19.4. The van der Waals surface area contributed by atoms with Crippen molar-refractivity contribution in [2.24, 2.45) is 0 Å². The molecule has 2 aromatic heterocycles. The van der Waals surface area contributed by atoms with E-state index in [-0.39, 0.29) is 4.90 Å². The number of carboxylic acids is 1. The molecule has 1 aliphatic rings. The van der Waals surface area contributed by atoms with E-state index in [0.717, 1.165) is 27.7 Å². The standard InChI is InChI=1S/C21H18N4O3S2.C2HF3O2/c1-14-2-3-15-13-22-7-6-17(15)20(14)25-9-10-28-19-12-16(4-5-18(19)25)30(26,27)24-21-23-8-11-29-21;3-2(4,5)1(6)7/h2-8,11-13H,9-10H2,1H3,(H,23,24);(H,6,7). The SMILES string of the molecule is Cc1ccc2cnccc2c1N1CCOc2cc(S(=O)(=O)Nc3nccs3)ccc21.O=C(O)C(F)(F)F. The van der Waals surface area contributed by atoms with Gasteiger partial charge in [-0.1, -0.05) is 12.1 Å². The number of nitrogens with zero attached hydrogens (tertiary/aromatic N) is 3. The van der Waals surface area contributed by atoms with Gasteiger partial charge in [-0.3, -0.25) is 9.71 Å². The molecule has 2 N–H and O–H groups in total. The number of anilines is 3. The Labute approximate surface area is 213 Å². The minimum Gasteiger partial charge on any atom is -0.489 e. The number of carboxylic acid groups (broad SMARTS) is 1. The number of hydrogen-bond acceptors (Lipinski definition) is 8. The van der Waals surface area contributed by atoms with Crippen molar-refractivity contribution < 1.29 is 36.2 Å². The third-order valence-corrected chi connectivity index (χ3v) is 7.42. The highest BCUT2D eigenvalue weighted by Gasteiger charge is 2.38. The number of aryl methyl sites for hydroxylation is 1. The number of hydrogen-bond donors (Lipinski definition) is 2. The van der Waals surface area contributed by atoms with Gasteiger partial charge in [-0.25, -0.2) is 18.2 Å². The minimum absolute atomic E-state index is 0.136. The summed E-state index contributed by atoms with van der Waals surface area (Å²) in [7, 11) is -3.75. The average Bonchev–Trinajstić information content (AvgIpc) is 3.35. The summed E-state index contributed by atoms with van der Waals surface area (Å²) in [6.07, 6.45) is 0.102. The van der Waals surface area contributed by atoms with Crippen LogP contribution in [0, 0.1) is 6.92 Å². The molecule has 0 saturated heterocycles. The molecular weight excluding hydrogens is 533 g/mol. The van der Waals surface area contributed by atoms with Crippen molar-refractivity contribution in [2.75, 3.05) is 22.8 Å². The molecule has 0 fully saturated rings. The molecule has 4 aromatic rings. The zero-order chi connectivity index (χ0) is 26.8. The van der Waals surface area contributed by atoms with Crippen LogP contribution in [0.1, 0.15) is 5.56 Å². The number of rotatable bonds is 4. The van der Waals surface area contributed by atoms with Crippen LogP contribution in [0.4, 0.5) is 29.7 Å². The van der Waals surface area contributed by atoms with Crippen molar-refractivity contribution in [3.05, 3.63) is 65.9 Å². The van der Waals surface area contributed by atoms with Crippen molar-refractivity contribution >= 4 is 54.6 Å². The minimum atomic E-state index is -5.08. The smallest absolute Gasteiger partial charge is 0.489 e. The van der Waals surface area contributed by atoms with Gasteiger partial charge < -0.3 is 14.7 Å². The van der Waals surface area contributed by atoms with Gasteiger partial charge in [0.25, 0.3) is 10.0 Å². The zero-order valence-electron chi connectivity index (χ0n) is 19.1. The molecule has 1 aliphatic heterocycles. The van der Waals surface area contributed by atoms with Gasteiger partial charge in [0.15, 0.2) is 5.13 Å². The van der Waals surface area contributed by atoms with E-state index in [9.17, 15) is 21.6 Å². The molecule has 9 nitrogen and oxygen atoms in total. The van der Waals surface area contributed by atoms with Crippen molar-refractivity contribution in [1.29, 1.82) is 0 Å². The third-order valence-electron chi connectivity index (χ3n) is 5.26. The highest BCUT2D eigenvalue weighted by atomic mass is 32.2. The zero-order valence-corrected chi connectivity index (χ0v) is 20.7. The molecule has 2 aromatic carbocycles. The van der Waals surface area contributed by atoms with Gasteiger partial charge in [-0.2, -0.15) is 13.2 Å². The highest BCUT2D eigenvalue weighted by molar-refractivity contribution is 7.93. The summed E-state index contributed by atoms with van der Waals surface area (Å²) in [5.41, 5.74) is 3.04. The molecule has 0 aliphatic carbocycles. The van der Waals surface area contributed by atoms with Crippen LogP contribution in [0.15, 0.2) is 65.3 Å². The first-order valence-corrected chi connectivity index (χ1v) is 12.9. The fourth-order valence-corrected chi connectivity index (χ4v) is 5.47. The lowest BCUT2D eigenvalue weighted by Crippen LogP contribution is -2.29. The highest BCUT2D eigenvalue weighted by Crippen LogP contribution is 2.42. The number of benzene rings is 2. The van der Waals surface area contributed by atoms with Gasteiger partial charge in [0, 0.05) is 40.8 Å². The first kappa shape index (κ1) is 26.2. The molecule has 0 radical (unpaired) electrons. The number of fused-ring (bicyclic) bond motifs is 2. The van der Waals surface area contributed by atoms with Gasteiger partial charge in [0.1, 0.15) is 12.4 Å². The van der Waals surface area contributed by atoms with E-state index in [1.165, 1.54) is 11.3 Å². The van der Waals surface area contributed by atoms with Gasteiger partial charge in [-0.15, -0.1) is 11.3 Å². The summed E-state index contributed by atoms with van der Waals surface area (Å²) in [6, 6.07) is 11.1. The summed E-state index contributed by atoms with van der Waals surface area (Å²) in [6.45, 7) is 3.19. The molecule has 194 valence electrons. The van der Waals surface area contributed by atoms with Crippen LogP contribution in [0.3, 0.4) is 0 Å². The molecular formula is C23H19F3N4O5S2. The van der Waals surface area contributed by atoms with E-state index < -0.39 is 22.2 Å². The Morgan fingerprint density at radius 1 is 1.19 bits per heavy atom. The number of sulfonamides is 1. The van der Waals surface area contributed by atoms with Crippen LogP contribution in [-0.2, 0) is 14.8 Å². The van der Waals surface area contributed by atoms with Crippen LogP contribution in [0.25, 0.3) is 10.8 Å². The number of pyridine rings is 1. The molecule has 37 heavy (non-hydrogen) atoms. The van der Waals surface area contributed by atoms with Crippen molar-refractivity contribution in [3.8, 4) is 5.75 Å². The van der Waals surface area contributed by atoms with Gasteiger partial charge >= 0.3 is 12.1 Å². The Hall–Kier alpha value is -3.91. The van der Waals surface area contributed by atoms with Crippen LogP contribution in [0.2, 0.25) is 0 Å². The van der Waals surface area contributed by atoms with E-state index in [1.54, 1.807) is 36.0 Å². The summed E-state index contributed by atoms with van der Waals surface area (Å²) in [5, 5.41) is 11.3. The molecule has 14 heteroatoms. The molecule has 3 heterocycles.